The van der Waals surface area contributed by atoms with E-state index in [-0.39, 0.29) is 34.6 Å². The average molecular weight is 518 g/mol. The van der Waals surface area contributed by atoms with Crippen LogP contribution in [0.2, 0.25) is 5.02 Å². The first-order valence-electron chi connectivity index (χ1n) is 12.1. The fraction of sp³-hybridized carbons (Fsp3) is 0.500. The van der Waals surface area contributed by atoms with E-state index < -0.39 is 11.6 Å². The summed E-state index contributed by atoms with van der Waals surface area (Å²) in [7, 11) is 0. The molecule has 3 aliphatic rings. The zero-order valence-corrected chi connectivity index (χ0v) is 20.2. The summed E-state index contributed by atoms with van der Waals surface area (Å²) in [5.74, 6) is -1.90. The van der Waals surface area contributed by atoms with Gasteiger partial charge >= 0.3 is 0 Å². The minimum absolute atomic E-state index is 0.0600. The van der Waals surface area contributed by atoms with Gasteiger partial charge in [-0.1, -0.05) is 11.6 Å². The molecule has 1 saturated heterocycles. The van der Waals surface area contributed by atoms with E-state index in [0.29, 0.717) is 54.2 Å². The zero-order chi connectivity index (χ0) is 25.0. The summed E-state index contributed by atoms with van der Waals surface area (Å²) >= 11 is 5.72. The third kappa shape index (κ3) is 4.03. The van der Waals surface area contributed by atoms with E-state index in [4.69, 9.17) is 27.1 Å². The van der Waals surface area contributed by atoms with Crippen LogP contribution >= 0.6 is 11.6 Å². The molecular formula is C24H26ClF2N7O2. The number of nitrogens with zero attached hydrogens (tertiary/aromatic N) is 4. The molecule has 3 aromatic rings. The van der Waals surface area contributed by atoms with Crippen molar-refractivity contribution in [3.63, 3.8) is 0 Å². The van der Waals surface area contributed by atoms with Crippen LogP contribution in [0.5, 0.6) is 0 Å². The van der Waals surface area contributed by atoms with Crippen LogP contribution in [0.1, 0.15) is 44.6 Å². The number of ether oxygens (including phenoxy) is 1. The molecule has 6 rings (SSSR count). The number of halogens is 3. The number of amides is 1. The fourth-order valence-electron chi connectivity index (χ4n) is 5.65. The Morgan fingerprint density at radius 3 is 2.56 bits per heavy atom. The lowest BCUT2D eigenvalue weighted by Gasteiger charge is -2.53. The Bertz CT molecular complexity index is 1330. The quantitative estimate of drug-likeness (QED) is 0.417. The fourth-order valence-corrected chi connectivity index (χ4v) is 5.80. The van der Waals surface area contributed by atoms with E-state index in [0.717, 1.165) is 26.1 Å². The molecule has 1 aromatic carbocycles. The average Bonchev–Trinajstić information content (AvgIpc) is 3.17. The van der Waals surface area contributed by atoms with Crippen LogP contribution < -0.4 is 16.4 Å². The molecule has 190 valence electrons. The summed E-state index contributed by atoms with van der Waals surface area (Å²) in [4.78, 5) is 25.5. The number of nitrogens with one attached hydrogen (secondary N) is 2. The molecule has 1 amide bonds. The van der Waals surface area contributed by atoms with E-state index >= 15 is 0 Å². The highest BCUT2D eigenvalue weighted by atomic mass is 35.5. The largest absolute Gasteiger partial charge is 0.380 e. The molecule has 0 radical (unpaired) electrons. The van der Waals surface area contributed by atoms with Gasteiger partial charge in [-0.25, -0.2) is 18.7 Å². The monoisotopic (exact) mass is 517 g/mol. The van der Waals surface area contributed by atoms with Crippen molar-refractivity contribution in [1.29, 1.82) is 0 Å². The lowest BCUT2D eigenvalue weighted by molar-refractivity contribution is -0.160. The van der Waals surface area contributed by atoms with Gasteiger partial charge in [0, 0.05) is 23.4 Å². The molecule has 2 saturated carbocycles. The number of carbonyl (C=O) groups is 1. The van der Waals surface area contributed by atoms with E-state index in [1.807, 2.05) is 4.57 Å². The molecule has 0 unspecified atom stereocenters. The molecule has 2 aromatic heterocycles. The minimum Gasteiger partial charge on any atom is -0.380 e. The molecule has 12 heteroatoms. The SMILES string of the molecule is NC(=O)C1CCC(n2c(Nc3ccc(Cl)c(F)c3F)nc3cnc(NC4CC5(COC5)C4)nc32)CC1. The first-order valence-corrected chi connectivity index (χ1v) is 12.5. The van der Waals surface area contributed by atoms with Gasteiger partial charge in [0.1, 0.15) is 5.52 Å². The Kier molecular flexibility index (Phi) is 5.71. The van der Waals surface area contributed by atoms with Crippen LogP contribution in [0.4, 0.5) is 26.4 Å². The van der Waals surface area contributed by atoms with Gasteiger partial charge in [-0.3, -0.25) is 9.36 Å². The standard InChI is InChI=1S/C24H26ClF2N7O2/c25-15-5-6-16(19(27)18(15)26)31-23-32-17-9-29-22(30-13-7-24(8-13)10-36-11-24)33-21(17)34(23)14-3-1-12(2-4-14)20(28)35/h5-6,9,12-14H,1-4,7-8,10-11H2,(H2,28,35)(H,31,32)(H,29,30,33). The van der Waals surface area contributed by atoms with Crippen LogP contribution in [0, 0.1) is 23.0 Å². The number of primary amides is 1. The minimum atomic E-state index is -1.13. The Hall–Kier alpha value is -3.05. The summed E-state index contributed by atoms with van der Waals surface area (Å²) in [6.07, 6.45) is 6.25. The lowest BCUT2D eigenvalue weighted by Crippen LogP contribution is -2.56. The maximum atomic E-state index is 14.6. The Balaban J connectivity index is 1.33. The third-order valence-corrected chi connectivity index (χ3v) is 7.98. The topological polar surface area (TPSA) is 120 Å². The van der Waals surface area contributed by atoms with Crippen molar-refractivity contribution in [1.82, 2.24) is 19.5 Å². The van der Waals surface area contributed by atoms with Crippen molar-refractivity contribution < 1.29 is 18.3 Å². The number of anilines is 3. The van der Waals surface area contributed by atoms with Gasteiger partial charge in [0.05, 0.1) is 30.1 Å². The van der Waals surface area contributed by atoms with Gasteiger partial charge in [-0.15, -0.1) is 0 Å². The molecule has 3 fully saturated rings. The third-order valence-electron chi connectivity index (χ3n) is 7.69. The smallest absolute Gasteiger partial charge is 0.224 e. The van der Waals surface area contributed by atoms with Crippen molar-refractivity contribution in [2.45, 2.75) is 50.6 Å². The van der Waals surface area contributed by atoms with E-state index in [1.165, 1.54) is 12.1 Å². The summed E-state index contributed by atoms with van der Waals surface area (Å²) in [5.41, 5.74) is 6.83. The normalized spacial score (nSPS) is 23.3. The van der Waals surface area contributed by atoms with E-state index in [1.54, 1.807) is 6.20 Å². The number of imidazole rings is 1. The molecule has 1 spiro atoms. The van der Waals surface area contributed by atoms with Gasteiger partial charge in [0.2, 0.25) is 17.8 Å². The first kappa shape index (κ1) is 23.4. The summed E-state index contributed by atoms with van der Waals surface area (Å²) in [6.45, 7) is 1.62. The molecular weight excluding hydrogens is 492 g/mol. The van der Waals surface area contributed by atoms with Crippen LogP contribution in [-0.2, 0) is 9.53 Å². The lowest BCUT2D eigenvalue weighted by atomic mass is 9.64. The second-order valence-corrected chi connectivity index (χ2v) is 10.6. The number of benzene rings is 1. The van der Waals surface area contributed by atoms with Gasteiger partial charge in [-0.05, 0) is 50.7 Å². The highest BCUT2D eigenvalue weighted by Gasteiger charge is 2.50. The number of fused-ring (bicyclic) bond motifs is 1. The maximum absolute atomic E-state index is 14.6. The van der Waals surface area contributed by atoms with Crippen molar-refractivity contribution >= 4 is 46.3 Å². The van der Waals surface area contributed by atoms with Gasteiger partial charge in [-0.2, -0.15) is 4.98 Å². The molecule has 4 N–H and O–H groups in total. The van der Waals surface area contributed by atoms with Crippen LogP contribution in [-0.4, -0.2) is 44.7 Å². The Morgan fingerprint density at radius 1 is 1.14 bits per heavy atom. The number of hydrogen-bond donors (Lipinski definition) is 3. The van der Waals surface area contributed by atoms with Crippen molar-refractivity contribution in [3.05, 3.63) is 35.0 Å². The predicted octanol–water partition coefficient (Wildman–Crippen LogP) is 4.31. The highest BCUT2D eigenvalue weighted by molar-refractivity contribution is 6.30. The summed E-state index contributed by atoms with van der Waals surface area (Å²) in [5, 5.41) is 6.02. The Labute approximate surface area is 210 Å². The Morgan fingerprint density at radius 2 is 1.89 bits per heavy atom. The number of aromatic nitrogens is 4. The van der Waals surface area contributed by atoms with Crippen molar-refractivity contribution in [3.8, 4) is 0 Å². The van der Waals surface area contributed by atoms with Gasteiger partial charge in [0.15, 0.2) is 17.3 Å². The summed E-state index contributed by atoms with van der Waals surface area (Å²) < 4.78 is 36.0. The maximum Gasteiger partial charge on any atom is 0.224 e. The molecule has 0 atom stereocenters. The molecule has 1 aliphatic heterocycles. The molecule has 9 nitrogen and oxygen atoms in total. The van der Waals surface area contributed by atoms with Crippen LogP contribution in [0.15, 0.2) is 18.3 Å². The number of carbonyl (C=O) groups excluding carboxylic acids is 1. The van der Waals surface area contributed by atoms with Gasteiger partial charge in [0.25, 0.3) is 0 Å². The van der Waals surface area contributed by atoms with Gasteiger partial charge < -0.3 is 21.1 Å². The molecule has 2 aliphatic carbocycles. The number of hydrogen-bond acceptors (Lipinski definition) is 7. The van der Waals surface area contributed by atoms with Crippen molar-refractivity contribution in [2.24, 2.45) is 17.1 Å². The molecule has 3 heterocycles. The van der Waals surface area contributed by atoms with E-state index in [2.05, 4.69) is 20.6 Å². The molecule has 0 bridgehead atoms. The van der Waals surface area contributed by atoms with Crippen molar-refractivity contribution in [2.75, 3.05) is 23.8 Å². The van der Waals surface area contributed by atoms with Crippen LogP contribution in [0.3, 0.4) is 0 Å². The number of nitrogens with two attached hydrogens (primary N) is 1. The number of rotatable bonds is 6. The molecule has 36 heavy (non-hydrogen) atoms. The predicted molar refractivity (Wildman–Crippen MR) is 130 cm³/mol. The second-order valence-electron chi connectivity index (χ2n) is 10.2. The highest BCUT2D eigenvalue weighted by Crippen LogP contribution is 2.47. The zero-order valence-electron chi connectivity index (χ0n) is 19.4. The van der Waals surface area contributed by atoms with Crippen LogP contribution in [0.25, 0.3) is 11.2 Å². The second kappa shape index (κ2) is 8.81. The van der Waals surface area contributed by atoms with E-state index in [9.17, 15) is 13.6 Å². The summed E-state index contributed by atoms with van der Waals surface area (Å²) in [6, 6.07) is 2.87. The first-order chi connectivity index (χ1) is 17.3.